The second-order valence-electron chi connectivity index (χ2n) is 7.86. The van der Waals surface area contributed by atoms with Gasteiger partial charge in [-0.1, -0.05) is 41.9 Å². The molecule has 0 fully saturated rings. The van der Waals surface area contributed by atoms with Crippen molar-refractivity contribution in [3.63, 3.8) is 0 Å². The summed E-state index contributed by atoms with van der Waals surface area (Å²) in [6.45, 7) is 11.5. The minimum Gasteiger partial charge on any atom is -0.354 e. The summed E-state index contributed by atoms with van der Waals surface area (Å²) in [5, 5.41) is 7.77. The van der Waals surface area contributed by atoms with E-state index in [4.69, 9.17) is 0 Å². The number of nitrogens with one attached hydrogen (secondary N) is 1. The van der Waals surface area contributed by atoms with Crippen molar-refractivity contribution in [1.29, 1.82) is 0 Å². The number of carbonyl (C=O) groups excluding carboxylic acids is 1. The van der Waals surface area contributed by atoms with E-state index in [0.29, 0.717) is 12.3 Å². The van der Waals surface area contributed by atoms with Crippen LogP contribution in [0.15, 0.2) is 28.7 Å². The third kappa shape index (κ3) is 6.80. The molecule has 0 saturated heterocycles. The predicted molar refractivity (Wildman–Crippen MR) is 115 cm³/mol. The van der Waals surface area contributed by atoms with Crippen molar-refractivity contribution in [2.45, 2.75) is 72.9 Å². The van der Waals surface area contributed by atoms with Crippen LogP contribution in [0.4, 0.5) is 0 Å². The lowest BCUT2D eigenvalue weighted by molar-refractivity contribution is -0.121. The molecule has 0 bridgehead atoms. The lowest BCUT2D eigenvalue weighted by Gasteiger charge is -2.14. The van der Waals surface area contributed by atoms with Crippen LogP contribution in [0.3, 0.4) is 0 Å². The summed E-state index contributed by atoms with van der Waals surface area (Å²) in [5.41, 5.74) is 4.75. The molecule has 1 heterocycles. The average molecular weight is 434 g/mol. The summed E-state index contributed by atoms with van der Waals surface area (Å²) < 4.78 is 3.17. The molecule has 0 aliphatic carbocycles. The minimum absolute atomic E-state index is 0.119. The molecule has 1 aromatic heterocycles. The van der Waals surface area contributed by atoms with Crippen molar-refractivity contribution in [3.05, 3.63) is 51.3 Å². The molecular formula is C22H32BrN3O. The molecule has 0 aliphatic rings. The fraction of sp³-hybridized carbons (Fsp3) is 0.545. The van der Waals surface area contributed by atoms with Crippen molar-refractivity contribution in [1.82, 2.24) is 15.1 Å². The van der Waals surface area contributed by atoms with E-state index in [1.54, 1.807) is 0 Å². The van der Waals surface area contributed by atoms with Gasteiger partial charge in [0.15, 0.2) is 0 Å². The Labute approximate surface area is 171 Å². The number of carbonyl (C=O) groups is 1. The Morgan fingerprint density at radius 2 is 1.81 bits per heavy atom. The summed E-state index contributed by atoms with van der Waals surface area (Å²) in [6, 6.07) is 8.54. The number of hydrogen-bond donors (Lipinski definition) is 1. The van der Waals surface area contributed by atoms with E-state index in [0.717, 1.165) is 36.0 Å². The third-order valence-electron chi connectivity index (χ3n) is 4.86. The summed E-state index contributed by atoms with van der Waals surface area (Å²) in [5.74, 6) is 0.680. The Kier molecular flexibility index (Phi) is 8.08. The van der Waals surface area contributed by atoms with Gasteiger partial charge >= 0.3 is 0 Å². The Morgan fingerprint density at radius 1 is 1.15 bits per heavy atom. The molecule has 1 unspecified atom stereocenters. The van der Waals surface area contributed by atoms with Crippen LogP contribution in [0.2, 0.25) is 0 Å². The van der Waals surface area contributed by atoms with E-state index in [1.165, 1.54) is 16.8 Å². The van der Waals surface area contributed by atoms with Gasteiger partial charge in [0.25, 0.3) is 0 Å². The summed E-state index contributed by atoms with van der Waals surface area (Å²) >= 11 is 3.45. The zero-order valence-corrected chi connectivity index (χ0v) is 18.8. The highest BCUT2D eigenvalue weighted by Gasteiger charge is 2.14. The number of benzene rings is 1. The normalized spacial score (nSPS) is 12.4. The molecule has 27 heavy (non-hydrogen) atoms. The number of amides is 1. The molecule has 2 aromatic rings. The predicted octanol–water partition coefficient (Wildman–Crippen LogP) is 4.99. The van der Waals surface area contributed by atoms with Crippen molar-refractivity contribution in [3.8, 4) is 0 Å². The third-order valence-corrected chi connectivity index (χ3v) is 5.39. The first-order valence-electron chi connectivity index (χ1n) is 9.83. The van der Waals surface area contributed by atoms with E-state index >= 15 is 0 Å². The highest BCUT2D eigenvalue weighted by atomic mass is 79.9. The first-order chi connectivity index (χ1) is 12.8. The Hall–Kier alpha value is -1.62. The second kappa shape index (κ2) is 10.1. The standard InChI is InChI=1S/C22H32BrN3O/c1-15(2)14-26-18(5)21(17(4)25-26)12-13-22(27)24-16(3)6-7-19-8-10-20(23)11-9-19/h8-11,15-16H,6-7,12-14H2,1-5H3,(H,24,27). The van der Waals surface area contributed by atoms with Crippen molar-refractivity contribution < 1.29 is 4.79 Å². The maximum Gasteiger partial charge on any atom is 0.220 e. The van der Waals surface area contributed by atoms with Crippen LogP contribution in [0.25, 0.3) is 0 Å². The maximum atomic E-state index is 12.3. The van der Waals surface area contributed by atoms with Gasteiger partial charge in [-0.25, -0.2) is 0 Å². The fourth-order valence-corrected chi connectivity index (χ4v) is 3.58. The monoisotopic (exact) mass is 433 g/mol. The first-order valence-corrected chi connectivity index (χ1v) is 10.6. The van der Waals surface area contributed by atoms with Crippen molar-refractivity contribution >= 4 is 21.8 Å². The van der Waals surface area contributed by atoms with Gasteiger partial charge in [-0.2, -0.15) is 5.10 Å². The van der Waals surface area contributed by atoms with Crippen LogP contribution in [-0.2, 0) is 24.2 Å². The van der Waals surface area contributed by atoms with Crippen LogP contribution in [-0.4, -0.2) is 21.7 Å². The van der Waals surface area contributed by atoms with E-state index in [2.05, 4.69) is 83.0 Å². The van der Waals surface area contributed by atoms with Gasteiger partial charge in [0.05, 0.1) is 5.69 Å². The molecule has 0 radical (unpaired) electrons. The molecule has 0 aliphatic heterocycles. The molecule has 1 atom stereocenters. The highest BCUT2D eigenvalue weighted by molar-refractivity contribution is 9.10. The Balaban J connectivity index is 1.80. The van der Waals surface area contributed by atoms with Gasteiger partial charge in [0.2, 0.25) is 5.91 Å². The maximum absolute atomic E-state index is 12.3. The van der Waals surface area contributed by atoms with Crippen molar-refractivity contribution in [2.75, 3.05) is 0 Å². The molecule has 0 spiro atoms. The smallest absolute Gasteiger partial charge is 0.220 e. The zero-order chi connectivity index (χ0) is 20.0. The lowest BCUT2D eigenvalue weighted by atomic mass is 10.1. The number of aryl methyl sites for hydroxylation is 2. The molecule has 4 nitrogen and oxygen atoms in total. The lowest BCUT2D eigenvalue weighted by Crippen LogP contribution is -2.33. The number of aromatic nitrogens is 2. The topological polar surface area (TPSA) is 46.9 Å². The quantitative estimate of drug-likeness (QED) is 0.605. The number of halogens is 1. The zero-order valence-electron chi connectivity index (χ0n) is 17.2. The number of hydrogen-bond acceptors (Lipinski definition) is 2. The number of rotatable bonds is 9. The van der Waals surface area contributed by atoms with Gasteiger partial charge in [0.1, 0.15) is 0 Å². The van der Waals surface area contributed by atoms with Crippen molar-refractivity contribution in [2.24, 2.45) is 5.92 Å². The van der Waals surface area contributed by atoms with E-state index < -0.39 is 0 Å². The largest absolute Gasteiger partial charge is 0.354 e. The van der Waals surface area contributed by atoms with Crippen LogP contribution in [0.1, 0.15) is 56.1 Å². The highest BCUT2D eigenvalue weighted by Crippen LogP contribution is 2.17. The fourth-order valence-electron chi connectivity index (χ4n) is 3.31. The van der Waals surface area contributed by atoms with E-state index in [-0.39, 0.29) is 11.9 Å². The Bertz CT molecular complexity index is 750. The van der Waals surface area contributed by atoms with Gasteiger partial charge < -0.3 is 5.32 Å². The first kappa shape index (κ1) is 21.7. The molecule has 148 valence electrons. The van der Waals surface area contributed by atoms with Crippen LogP contribution >= 0.6 is 15.9 Å². The summed E-state index contributed by atoms with van der Waals surface area (Å²) in [4.78, 5) is 12.3. The van der Waals surface area contributed by atoms with Crippen LogP contribution < -0.4 is 5.32 Å². The molecule has 5 heteroatoms. The Morgan fingerprint density at radius 3 is 2.44 bits per heavy atom. The average Bonchev–Trinajstić information content (AvgIpc) is 2.85. The second-order valence-corrected chi connectivity index (χ2v) is 8.77. The van der Waals surface area contributed by atoms with Gasteiger partial charge in [-0.15, -0.1) is 0 Å². The van der Waals surface area contributed by atoms with Gasteiger partial charge in [-0.3, -0.25) is 9.48 Å². The van der Waals surface area contributed by atoms with Crippen LogP contribution in [0.5, 0.6) is 0 Å². The van der Waals surface area contributed by atoms with Gasteiger partial charge in [0, 0.05) is 29.2 Å². The van der Waals surface area contributed by atoms with Gasteiger partial charge in [-0.05, 0) is 69.2 Å². The molecule has 2 rings (SSSR count). The molecule has 1 aromatic carbocycles. The van der Waals surface area contributed by atoms with Crippen LogP contribution in [0, 0.1) is 19.8 Å². The molecule has 1 amide bonds. The molecular weight excluding hydrogens is 402 g/mol. The molecule has 0 saturated carbocycles. The molecule has 1 N–H and O–H groups in total. The summed E-state index contributed by atoms with van der Waals surface area (Å²) in [7, 11) is 0. The number of nitrogens with zero attached hydrogens (tertiary/aromatic N) is 2. The minimum atomic E-state index is 0.119. The SMILES string of the molecule is Cc1nn(CC(C)C)c(C)c1CCC(=O)NC(C)CCc1ccc(Br)cc1. The summed E-state index contributed by atoms with van der Waals surface area (Å²) in [6.07, 6.45) is 3.17. The van der Waals surface area contributed by atoms with E-state index in [9.17, 15) is 4.79 Å². The van der Waals surface area contributed by atoms with E-state index in [1.807, 2.05) is 6.92 Å².